The molecule has 0 fully saturated rings. The lowest BCUT2D eigenvalue weighted by molar-refractivity contribution is 0.227. The fraction of sp³-hybridized carbons (Fsp3) is 1.00. The highest BCUT2D eigenvalue weighted by Crippen LogP contribution is 2.33. The van der Waals surface area contributed by atoms with Crippen LogP contribution in [0.2, 0.25) is 0 Å². The minimum absolute atomic E-state index is 0.132. The third-order valence-electron chi connectivity index (χ3n) is 1.81. The molecule has 0 amide bonds. The first-order valence-corrected chi connectivity index (χ1v) is 5.49. The summed E-state index contributed by atoms with van der Waals surface area (Å²) in [4.78, 5) is 0. The van der Waals surface area contributed by atoms with E-state index in [4.69, 9.17) is 4.52 Å². The highest BCUT2D eigenvalue weighted by Gasteiger charge is 2.27. The molecular weight excluding hydrogens is 159 g/mol. The van der Waals surface area contributed by atoms with E-state index in [1.54, 1.807) is 0 Å². The second-order valence-electron chi connectivity index (χ2n) is 2.87. The lowest BCUT2D eigenvalue weighted by atomic mass is 10.3. The van der Waals surface area contributed by atoms with E-state index in [2.05, 4.69) is 0 Å². The number of hydrogen-bond acceptors (Lipinski definition) is 2. The second kappa shape index (κ2) is 5.68. The molecule has 0 aromatic heterocycles. The first-order chi connectivity index (χ1) is 5.11. The van der Waals surface area contributed by atoms with Crippen molar-refractivity contribution < 1.29 is 9.09 Å². The van der Waals surface area contributed by atoms with Crippen LogP contribution in [0.5, 0.6) is 0 Å². The van der Waals surface area contributed by atoms with Crippen molar-refractivity contribution in [2.75, 3.05) is 0 Å². The van der Waals surface area contributed by atoms with E-state index in [0.29, 0.717) is 0 Å². The van der Waals surface area contributed by atoms with E-state index < -0.39 is 8.03 Å². The van der Waals surface area contributed by atoms with E-state index in [9.17, 15) is 4.57 Å². The Morgan fingerprint density at radius 3 is 2.18 bits per heavy atom. The third kappa shape index (κ3) is 4.49. The largest absolute Gasteiger partial charge is 0.511 e. The van der Waals surface area contributed by atoms with Crippen LogP contribution in [0.15, 0.2) is 0 Å². The zero-order valence-corrected chi connectivity index (χ0v) is 8.73. The highest BCUT2D eigenvalue weighted by molar-refractivity contribution is 7.40. The summed E-state index contributed by atoms with van der Waals surface area (Å²) in [5, 5.41) is 0. The van der Waals surface area contributed by atoms with Gasteiger partial charge in [0.05, 0.1) is 0 Å². The highest BCUT2D eigenvalue weighted by atomic mass is 31.1. The fourth-order valence-corrected chi connectivity index (χ4v) is 1.51. The molecule has 0 spiro atoms. The average Bonchev–Trinajstić information content (AvgIpc) is 2.02. The molecule has 3 unspecified atom stereocenters. The summed E-state index contributed by atoms with van der Waals surface area (Å²) in [6.07, 6.45) is 1.98. The molecule has 0 aliphatic carbocycles. The van der Waals surface area contributed by atoms with Crippen molar-refractivity contribution >= 4 is 8.03 Å². The molecule has 0 rings (SSSR count). The summed E-state index contributed by atoms with van der Waals surface area (Å²) in [6.45, 7) is 7.97. The SMILES string of the molecule is CCC(C)O[P+](=O)C(C)CC. The molecule has 0 aliphatic heterocycles. The summed E-state index contributed by atoms with van der Waals surface area (Å²) in [5.74, 6) is 0. The fourth-order valence-electron chi connectivity index (χ4n) is 0.505. The molecule has 0 aromatic rings. The Hall–Kier alpha value is 0.0600. The molecule has 0 N–H and O–H groups in total. The second-order valence-corrected chi connectivity index (χ2v) is 4.53. The van der Waals surface area contributed by atoms with Crippen LogP contribution >= 0.6 is 8.03 Å². The normalized spacial score (nSPS) is 17.6. The van der Waals surface area contributed by atoms with E-state index >= 15 is 0 Å². The number of rotatable bonds is 5. The topological polar surface area (TPSA) is 26.3 Å². The van der Waals surface area contributed by atoms with Crippen molar-refractivity contribution in [3.8, 4) is 0 Å². The van der Waals surface area contributed by atoms with Gasteiger partial charge in [0, 0.05) is 0 Å². The van der Waals surface area contributed by atoms with Crippen LogP contribution in [0, 0.1) is 0 Å². The molecule has 0 heterocycles. The standard InChI is InChI=1S/C8H18O2P/c1-5-7(3)10-11(9)8(4)6-2/h7-8H,5-6H2,1-4H3/q+1. The van der Waals surface area contributed by atoms with Crippen molar-refractivity contribution in [3.63, 3.8) is 0 Å². The van der Waals surface area contributed by atoms with Crippen LogP contribution in [0.1, 0.15) is 40.5 Å². The Labute approximate surface area is 70.2 Å². The Kier molecular flexibility index (Phi) is 5.71. The molecule has 0 saturated carbocycles. The van der Waals surface area contributed by atoms with Crippen molar-refractivity contribution in [2.24, 2.45) is 0 Å². The molecule has 2 nitrogen and oxygen atoms in total. The summed E-state index contributed by atoms with van der Waals surface area (Å²) in [6, 6.07) is 0. The zero-order valence-electron chi connectivity index (χ0n) is 7.83. The Bertz CT molecular complexity index is 125. The summed E-state index contributed by atoms with van der Waals surface area (Å²) >= 11 is 0. The molecule has 0 bridgehead atoms. The molecule has 0 radical (unpaired) electrons. The number of hydrogen-bond donors (Lipinski definition) is 0. The minimum Gasteiger partial charge on any atom is -0.143 e. The van der Waals surface area contributed by atoms with Crippen molar-refractivity contribution in [2.45, 2.75) is 52.3 Å². The maximum Gasteiger partial charge on any atom is 0.511 e. The van der Waals surface area contributed by atoms with Gasteiger partial charge < -0.3 is 0 Å². The first-order valence-electron chi connectivity index (χ1n) is 4.24. The quantitative estimate of drug-likeness (QED) is 0.602. The summed E-state index contributed by atoms with van der Waals surface area (Å²) in [7, 11) is -1.44. The molecule has 3 heteroatoms. The molecule has 11 heavy (non-hydrogen) atoms. The van der Waals surface area contributed by atoms with E-state index in [1.165, 1.54) is 0 Å². The van der Waals surface area contributed by atoms with Gasteiger partial charge in [-0.25, -0.2) is 0 Å². The lowest BCUT2D eigenvalue weighted by Crippen LogP contribution is -2.04. The van der Waals surface area contributed by atoms with Crippen molar-refractivity contribution in [3.05, 3.63) is 0 Å². The maximum atomic E-state index is 11.3. The molecule has 0 saturated heterocycles. The van der Waals surface area contributed by atoms with Gasteiger partial charge in [-0.2, -0.15) is 0 Å². The van der Waals surface area contributed by atoms with Crippen molar-refractivity contribution in [1.82, 2.24) is 0 Å². The van der Waals surface area contributed by atoms with Crippen LogP contribution < -0.4 is 0 Å². The van der Waals surface area contributed by atoms with Gasteiger partial charge in [-0.15, -0.1) is 4.52 Å². The zero-order chi connectivity index (χ0) is 8.85. The molecule has 66 valence electrons. The first kappa shape index (κ1) is 11.1. The molecule has 3 atom stereocenters. The third-order valence-corrected chi connectivity index (χ3v) is 3.46. The maximum absolute atomic E-state index is 11.3. The van der Waals surface area contributed by atoms with Gasteiger partial charge in [-0.05, 0) is 31.3 Å². The van der Waals surface area contributed by atoms with Crippen LogP contribution in [-0.2, 0) is 9.09 Å². The smallest absolute Gasteiger partial charge is 0.143 e. The predicted molar refractivity (Wildman–Crippen MR) is 48.2 cm³/mol. The summed E-state index contributed by atoms with van der Waals surface area (Å²) in [5.41, 5.74) is 0.194. The van der Waals surface area contributed by atoms with Gasteiger partial charge in [-0.1, -0.05) is 13.8 Å². The van der Waals surface area contributed by atoms with Gasteiger partial charge >= 0.3 is 8.03 Å². The molecule has 0 aliphatic rings. The average molecular weight is 177 g/mol. The molecular formula is C8H18O2P+. The van der Waals surface area contributed by atoms with E-state index in [1.807, 2.05) is 27.7 Å². The van der Waals surface area contributed by atoms with E-state index in [-0.39, 0.29) is 11.8 Å². The Morgan fingerprint density at radius 1 is 1.27 bits per heavy atom. The van der Waals surface area contributed by atoms with Gasteiger partial charge in [0.25, 0.3) is 0 Å². The summed E-state index contributed by atoms with van der Waals surface area (Å²) < 4.78 is 16.5. The van der Waals surface area contributed by atoms with Gasteiger partial charge in [0.15, 0.2) is 5.66 Å². The Balaban J connectivity index is 3.68. The monoisotopic (exact) mass is 177 g/mol. The van der Waals surface area contributed by atoms with Crippen molar-refractivity contribution in [1.29, 1.82) is 0 Å². The van der Waals surface area contributed by atoms with Crippen LogP contribution in [0.4, 0.5) is 0 Å². The van der Waals surface area contributed by atoms with Crippen LogP contribution in [-0.4, -0.2) is 11.8 Å². The van der Waals surface area contributed by atoms with Crippen LogP contribution in [0.25, 0.3) is 0 Å². The molecule has 0 aromatic carbocycles. The van der Waals surface area contributed by atoms with Gasteiger partial charge in [-0.3, -0.25) is 0 Å². The van der Waals surface area contributed by atoms with Gasteiger partial charge in [0.1, 0.15) is 6.10 Å². The minimum atomic E-state index is -1.44. The van der Waals surface area contributed by atoms with Crippen LogP contribution in [0.3, 0.4) is 0 Å². The van der Waals surface area contributed by atoms with Gasteiger partial charge in [0.2, 0.25) is 0 Å². The predicted octanol–water partition coefficient (Wildman–Crippen LogP) is 3.34. The lowest BCUT2D eigenvalue weighted by Gasteiger charge is -2.00. The Morgan fingerprint density at radius 2 is 1.82 bits per heavy atom. The van der Waals surface area contributed by atoms with E-state index in [0.717, 1.165) is 12.8 Å².